The van der Waals surface area contributed by atoms with Gasteiger partial charge < -0.3 is 9.47 Å². The smallest absolute Gasteiger partial charge is 0.270 e. The van der Waals surface area contributed by atoms with Gasteiger partial charge in [-0.15, -0.1) is 16.4 Å². The van der Waals surface area contributed by atoms with Gasteiger partial charge in [0.1, 0.15) is 16.4 Å². The minimum absolute atomic E-state index is 0.123. The number of aromatic nitrogens is 4. The maximum Gasteiger partial charge on any atom is 0.270 e. The van der Waals surface area contributed by atoms with Crippen LogP contribution in [0.25, 0.3) is 10.1 Å². The molecule has 0 saturated carbocycles. The number of ether oxygens (including phenoxy) is 2. The van der Waals surface area contributed by atoms with Crippen LogP contribution in [0.1, 0.15) is 9.67 Å². The zero-order valence-electron chi connectivity index (χ0n) is 14.9. The summed E-state index contributed by atoms with van der Waals surface area (Å²) in [4.78, 5) is 15.2. The van der Waals surface area contributed by atoms with E-state index in [1.807, 2.05) is 42.5 Å². The van der Waals surface area contributed by atoms with Crippen molar-refractivity contribution in [3.63, 3.8) is 0 Å². The van der Waals surface area contributed by atoms with Gasteiger partial charge in [0.15, 0.2) is 0 Å². The molecule has 4 rings (SSSR count). The first-order valence-corrected chi connectivity index (χ1v) is 9.78. The zero-order chi connectivity index (χ0) is 19.5. The van der Waals surface area contributed by atoms with Gasteiger partial charge in [-0.1, -0.05) is 22.9 Å². The zero-order valence-corrected chi connectivity index (χ0v) is 16.6. The van der Waals surface area contributed by atoms with Crippen LogP contribution in [0.3, 0.4) is 0 Å². The second-order valence-corrected chi connectivity index (χ2v) is 7.73. The molecule has 142 valence electrons. The second kappa shape index (κ2) is 7.87. The number of methoxy groups -OCH3 is 2. The molecular formula is C18H15N5O3S2. The molecule has 0 aliphatic heterocycles. The Bertz CT molecular complexity index is 1130. The monoisotopic (exact) mass is 413 g/mol. The predicted octanol–water partition coefficient (Wildman–Crippen LogP) is 3.84. The number of H-pyrrole nitrogens is 1. The maximum absolute atomic E-state index is 12.9. The van der Waals surface area contributed by atoms with E-state index in [0.717, 1.165) is 31.4 Å². The normalized spacial score (nSPS) is 10.8. The Kier molecular flexibility index (Phi) is 5.13. The Morgan fingerprint density at radius 3 is 2.71 bits per heavy atom. The molecule has 0 saturated heterocycles. The Hall–Kier alpha value is -3.11. The fraction of sp³-hybridized carbons (Fsp3) is 0.111. The van der Waals surface area contributed by atoms with Gasteiger partial charge in [0.2, 0.25) is 0 Å². The van der Waals surface area contributed by atoms with Crippen LogP contribution < -0.4 is 14.8 Å². The maximum atomic E-state index is 12.9. The van der Waals surface area contributed by atoms with E-state index in [1.165, 1.54) is 23.1 Å². The third kappa shape index (κ3) is 3.64. The van der Waals surface area contributed by atoms with E-state index >= 15 is 0 Å². The first-order chi connectivity index (χ1) is 13.7. The van der Waals surface area contributed by atoms with Gasteiger partial charge in [-0.05, 0) is 41.6 Å². The summed E-state index contributed by atoms with van der Waals surface area (Å²) < 4.78 is 11.6. The van der Waals surface area contributed by atoms with E-state index in [-0.39, 0.29) is 11.9 Å². The van der Waals surface area contributed by atoms with Crippen LogP contribution in [0.15, 0.2) is 52.3 Å². The van der Waals surface area contributed by atoms with Crippen LogP contribution in [-0.2, 0) is 0 Å². The number of nitrogens with zero attached hydrogens (tertiary/aromatic N) is 3. The molecule has 8 nitrogen and oxygen atoms in total. The van der Waals surface area contributed by atoms with Crippen molar-refractivity contribution in [3.05, 3.63) is 47.3 Å². The highest BCUT2D eigenvalue weighted by molar-refractivity contribution is 7.99. The van der Waals surface area contributed by atoms with E-state index in [0.29, 0.717) is 4.88 Å². The molecule has 2 aromatic carbocycles. The van der Waals surface area contributed by atoms with E-state index in [9.17, 15) is 4.79 Å². The number of nitrogens with one attached hydrogen (secondary N) is 2. The number of amides is 1. The highest BCUT2D eigenvalue weighted by Gasteiger charge is 2.21. The summed E-state index contributed by atoms with van der Waals surface area (Å²) in [5, 5.41) is 16.9. The van der Waals surface area contributed by atoms with Gasteiger partial charge in [-0.25, -0.2) is 0 Å². The fourth-order valence-corrected chi connectivity index (χ4v) is 4.90. The van der Waals surface area contributed by atoms with Gasteiger partial charge in [0.05, 0.1) is 14.2 Å². The Labute approximate surface area is 168 Å². The predicted molar refractivity (Wildman–Crippen MR) is 108 cm³/mol. The molecule has 0 bridgehead atoms. The molecule has 28 heavy (non-hydrogen) atoms. The third-order valence-corrected chi connectivity index (χ3v) is 6.30. The molecule has 0 aliphatic carbocycles. The minimum atomic E-state index is -0.299. The first-order valence-electron chi connectivity index (χ1n) is 8.15. The molecule has 0 radical (unpaired) electrons. The number of rotatable bonds is 6. The number of carbonyl (C=O) groups is 1. The van der Waals surface area contributed by atoms with Crippen LogP contribution in [0.5, 0.6) is 11.5 Å². The standard InChI is InChI=1S/C18H15N5O3S2/c1-25-10-4-3-5-12(8-10)27-15-13-9-11(26-2)6-7-14(13)28-16(15)17(24)19-18-20-22-23-21-18/h3-9H,1-2H3,(H2,19,20,21,22,23,24). The van der Waals surface area contributed by atoms with Crippen LogP contribution >= 0.6 is 23.1 Å². The molecule has 0 fully saturated rings. The summed E-state index contributed by atoms with van der Waals surface area (Å²) in [6, 6.07) is 13.4. The first kappa shape index (κ1) is 18.3. The Balaban J connectivity index is 1.79. The quantitative estimate of drug-likeness (QED) is 0.495. The van der Waals surface area contributed by atoms with Gasteiger partial charge in [-0.2, -0.15) is 5.21 Å². The number of anilines is 1. The van der Waals surface area contributed by atoms with Crippen molar-refractivity contribution >= 4 is 45.0 Å². The van der Waals surface area contributed by atoms with E-state index in [2.05, 4.69) is 25.9 Å². The van der Waals surface area contributed by atoms with Gasteiger partial charge >= 0.3 is 0 Å². The van der Waals surface area contributed by atoms with Crippen molar-refractivity contribution in [1.82, 2.24) is 20.6 Å². The number of fused-ring (bicyclic) bond motifs is 1. The number of thiophene rings is 1. The number of benzene rings is 2. The van der Waals surface area contributed by atoms with Crippen LogP contribution in [0.2, 0.25) is 0 Å². The molecular weight excluding hydrogens is 398 g/mol. The molecule has 0 unspecified atom stereocenters. The van der Waals surface area contributed by atoms with Crippen molar-refractivity contribution in [1.29, 1.82) is 0 Å². The highest BCUT2D eigenvalue weighted by Crippen LogP contribution is 2.43. The second-order valence-electron chi connectivity index (χ2n) is 5.59. The lowest BCUT2D eigenvalue weighted by atomic mass is 10.2. The lowest BCUT2D eigenvalue weighted by Gasteiger charge is -2.07. The highest BCUT2D eigenvalue weighted by atomic mass is 32.2. The van der Waals surface area contributed by atoms with E-state index in [4.69, 9.17) is 9.47 Å². The average molecular weight is 413 g/mol. The molecule has 10 heteroatoms. The molecule has 2 N–H and O–H groups in total. The SMILES string of the molecule is COc1cccc(Sc2c(C(=O)Nc3nn[nH]n3)sc3ccc(OC)cc23)c1. The minimum Gasteiger partial charge on any atom is -0.497 e. The lowest BCUT2D eigenvalue weighted by Crippen LogP contribution is -2.12. The van der Waals surface area contributed by atoms with Crippen LogP contribution in [-0.4, -0.2) is 40.8 Å². The summed E-state index contributed by atoms with van der Waals surface area (Å²) in [6.45, 7) is 0. The van der Waals surface area contributed by atoms with Crippen molar-refractivity contribution in [3.8, 4) is 11.5 Å². The average Bonchev–Trinajstić information content (AvgIpc) is 3.36. The van der Waals surface area contributed by atoms with E-state index in [1.54, 1.807) is 14.2 Å². The Morgan fingerprint density at radius 2 is 1.96 bits per heavy atom. The number of carbonyl (C=O) groups excluding carboxylic acids is 1. The lowest BCUT2D eigenvalue weighted by molar-refractivity contribution is 0.102. The molecule has 2 heterocycles. The molecule has 1 amide bonds. The number of tetrazole rings is 1. The number of aromatic amines is 1. The van der Waals surface area contributed by atoms with Crippen LogP contribution in [0.4, 0.5) is 5.95 Å². The topological polar surface area (TPSA) is 102 Å². The molecule has 0 atom stereocenters. The van der Waals surface area contributed by atoms with Gasteiger partial charge in [0, 0.05) is 19.9 Å². The summed E-state index contributed by atoms with van der Waals surface area (Å²) in [7, 11) is 3.24. The third-order valence-electron chi connectivity index (χ3n) is 3.89. The summed E-state index contributed by atoms with van der Waals surface area (Å²) in [6.07, 6.45) is 0. The summed E-state index contributed by atoms with van der Waals surface area (Å²) in [5.74, 6) is 1.30. The van der Waals surface area contributed by atoms with E-state index < -0.39 is 0 Å². The van der Waals surface area contributed by atoms with Crippen molar-refractivity contribution in [2.45, 2.75) is 9.79 Å². The van der Waals surface area contributed by atoms with Gasteiger partial charge in [-0.3, -0.25) is 10.1 Å². The van der Waals surface area contributed by atoms with Crippen LogP contribution in [0, 0.1) is 0 Å². The Morgan fingerprint density at radius 1 is 1.14 bits per heavy atom. The number of hydrogen-bond acceptors (Lipinski definition) is 8. The fourth-order valence-electron chi connectivity index (χ4n) is 2.59. The molecule has 4 aromatic rings. The van der Waals surface area contributed by atoms with Gasteiger partial charge in [0.25, 0.3) is 11.9 Å². The van der Waals surface area contributed by atoms with Crippen molar-refractivity contribution in [2.24, 2.45) is 0 Å². The number of hydrogen-bond donors (Lipinski definition) is 2. The largest absolute Gasteiger partial charge is 0.497 e. The molecule has 0 aliphatic rings. The van der Waals surface area contributed by atoms with Crippen molar-refractivity contribution in [2.75, 3.05) is 19.5 Å². The molecule has 0 spiro atoms. The summed E-state index contributed by atoms with van der Waals surface area (Å²) >= 11 is 2.89. The summed E-state index contributed by atoms with van der Waals surface area (Å²) in [5.41, 5.74) is 0. The molecule has 2 aromatic heterocycles. The van der Waals surface area contributed by atoms with Crippen molar-refractivity contribution < 1.29 is 14.3 Å².